The summed E-state index contributed by atoms with van der Waals surface area (Å²) in [6.45, 7) is 4.64. The molecule has 4 heterocycles. The molecule has 3 aromatic heterocycles. The van der Waals surface area contributed by atoms with Crippen LogP contribution in [0.2, 0.25) is 0 Å². The van der Waals surface area contributed by atoms with Crippen molar-refractivity contribution in [1.29, 1.82) is 0 Å². The van der Waals surface area contributed by atoms with Gasteiger partial charge in [-0.3, -0.25) is 9.36 Å². The summed E-state index contributed by atoms with van der Waals surface area (Å²) >= 11 is 0. The molecule has 10 heteroatoms. The number of para-hydroxylation sites is 1. The van der Waals surface area contributed by atoms with Gasteiger partial charge >= 0.3 is 0 Å². The molecule has 2 aliphatic rings. The molecule has 6 rings (SSSR count). The third-order valence-corrected chi connectivity index (χ3v) is 7.45. The number of benzene rings is 1. The Morgan fingerprint density at radius 3 is 2.68 bits per heavy atom. The molecular formula is C28H33N7O3. The zero-order valence-electron chi connectivity index (χ0n) is 22.3. The normalized spacial score (nSPS) is 17.6. The Morgan fingerprint density at radius 2 is 2.00 bits per heavy atom. The van der Waals surface area contributed by atoms with Gasteiger partial charge < -0.3 is 14.8 Å². The summed E-state index contributed by atoms with van der Waals surface area (Å²) in [7, 11) is 3.53. The number of nitrogens with zero attached hydrogens (tertiary/aromatic N) is 6. The van der Waals surface area contributed by atoms with Gasteiger partial charge in [-0.2, -0.15) is 0 Å². The van der Waals surface area contributed by atoms with E-state index in [0.717, 1.165) is 89.7 Å². The zero-order chi connectivity index (χ0) is 26.4. The Kier molecular flexibility index (Phi) is 6.35. The molecule has 38 heavy (non-hydrogen) atoms. The topological polar surface area (TPSA) is 109 Å². The average molecular weight is 516 g/mol. The van der Waals surface area contributed by atoms with Crippen LogP contribution in [0.4, 0.5) is 11.4 Å². The SMILES string of the molecule is COc1c(Nc2cc(CC(=O)C3CC3)nc3c2nc(C)n3C2CCCCO2)cccc1-c1c(C)nnn1C. The highest BCUT2D eigenvalue weighted by molar-refractivity contribution is 5.92. The maximum absolute atomic E-state index is 12.8. The largest absolute Gasteiger partial charge is 0.494 e. The van der Waals surface area contributed by atoms with Gasteiger partial charge in [0.25, 0.3) is 0 Å². The number of aromatic nitrogens is 6. The monoisotopic (exact) mass is 515 g/mol. The fraction of sp³-hybridized carbons (Fsp3) is 0.464. The molecule has 1 atom stereocenters. The lowest BCUT2D eigenvalue weighted by Gasteiger charge is -2.25. The molecule has 1 aliphatic heterocycles. The van der Waals surface area contributed by atoms with Gasteiger partial charge in [0, 0.05) is 31.6 Å². The van der Waals surface area contributed by atoms with Gasteiger partial charge in [-0.25, -0.2) is 14.6 Å². The van der Waals surface area contributed by atoms with E-state index in [1.54, 1.807) is 11.8 Å². The van der Waals surface area contributed by atoms with Crippen molar-refractivity contribution >= 4 is 28.3 Å². The van der Waals surface area contributed by atoms with Crippen molar-refractivity contribution in [1.82, 2.24) is 29.5 Å². The van der Waals surface area contributed by atoms with Crippen LogP contribution in [-0.2, 0) is 23.0 Å². The molecule has 1 aliphatic carbocycles. The molecule has 1 aromatic carbocycles. The quantitative estimate of drug-likeness (QED) is 0.356. The van der Waals surface area contributed by atoms with Crippen molar-refractivity contribution < 1.29 is 14.3 Å². The summed E-state index contributed by atoms with van der Waals surface area (Å²) in [6.07, 6.45) is 5.22. The molecule has 1 saturated carbocycles. The van der Waals surface area contributed by atoms with Gasteiger partial charge in [0.15, 0.2) is 11.4 Å². The predicted molar refractivity (Wildman–Crippen MR) is 144 cm³/mol. The van der Waals surface area contributed by atoms with E-state index in [4.69, 9.17) is 19.4 Å². The molecule has 0 bridgehead atoms. The van der Waals surface area contributed by atoms with E-state index in [1.165, 1.54) is 0 Å². The number of nitrogens with one attached hydrogen (secondary N) is 1. The smallest absolute Gasteiger partial charge is 0.164 e. The van der Waals surface area contributed by atoms with E-state index in [2.05, 4.69) is 20.2 Å². The van der Waals surface area contributed by atoms with Crippen LogP contribution in [0.25, 0.3) is 22.4 Å². The Hall–Kier alpha value is -3.79. The molecule has 0 spiro atoms. The Bertz CT molecular complexity index is 1490. The van der Waals surface area contributed by atoms with Crippen molar-refractivity contribution in [2.24, 2.45) is 13.0 Å². The Balaban J connectivity index is 1.47. The van der Waals surface area contributed by atoms with Gasteiger partial charge in [0.1, 0.15) is 23.4 Å². The van der Waals surface area contributed by atoms with Crippen LogP contribution in [-0.4, -0.2) is 49.0 Å². The second-order valence-corrected chi connectivity index (χ2v) is 10.3. The summed E-state index contributed by atoms with van der Waals surface area (Å²) in [6, 6.07) is 7.89. The highest BCUT2D eigenvalue weighted by Gasteiger charge is 2.30. The van der Waals surface area contributed by atoms with Crippen LogP contribution < -0.4 is 10.1 Å². The van der Waals surface area contributed by atoms with Gasteiger partial charge in [-0.15, -0.1) is 5.10 Å². The fourth-order valence-corrected chi connectivity index (χ4v) is 5.43. The number of hydrogen-bond acceptors (Lipinski definition) is 8. The number of anilines is 2. The number of hydrogen-bond donors (Lipinski definition) is 1. The molecule has 1 N–H and O–H groups in total. The minimum absolute atomic E-state index is 0.110. The number of pyridine rings is 1. The number of fused-ring (bicyclic) bond motifs is 1. The molecule has 0 amide bonds. The first kappa shape index (κ1) is 24.5. The molecule has 2 fully saturated rings. The highest BCUT2D eigenvalue weighted by atomic mass is 16.5. The van der Waals surface area contributed by atoms with E-state index in [0.29, 0.717) is 12.2 Å². The minimum Gasteiger partial charge on any atom is -0.494 e. The van der Waals surface area contributed by atoms with Crippen LogP contribution >= 0.6 is 0 Å². The number of carbonyl (C=O) groups excluding carboxylic acids is 1. The molecular weight excluding hydrogens is 482 g/mol. The lowest BCUT2D eigenvalue weighted by Crippen LogP contribution is -2.19. The first-order valence-corrected chi connectivity index (χ1v) is 13.3. The summed E-state index contributed by atoms with van der Waals surface area (Å²) in [4.78, 5) is 22.6. The summed E-state index contributed by atoms with van der Waals surface area (Å²) in [5, 5.41) is 11.9. The van der Waals surface area contributed by atoms with E-state index in [1.807, 2.05) is 45.2 Å². The third kappa shape index (κ3) is 4.42. The van der Waals surface area contributed by atoms with Gasteiger partial charge in [-0.05, 0) is 64.2 Å². The average Bonchev–Trinajstić information content (AvgIpc) is 3.64. The lowest BCUT2D eigenvalue weighted by molar-refractivity contribution is -0.119. The number of ether oxygens (including phenoxy) is 2. The van der Waals surface area contributed by atoms with Crippen molar-refractivity contribution in [2.75, 3.05) is 19.0 Å². The molecule has 1 unspecified atom stereocenters. The number of methoxy groups -OCH3 is 1. The Morgan fingerprint density at radius 1 is 1.16 bits per heavy atom. The first-order chi connectivity index (χ1) is 18.4. The van der Waals surface area contributed by atoms with Crippen molar-refractivity contribution in [3.05, 3.63) is 41.5 Å². The minimum atomic E-state index is -0.110. The van der Waals surface area contributed by atoms with Crippen molar-refractivity contribution in [3.63, 3.8) is 0 Å². The molecule has 10 nitrogen and oxygen atoms in total. The van der Waals surface area contributed by atoms with Crippen LogP contribution in [0.1, 0.15) is 55.5 Å². The van der Waals surface area contributed by atoms with Crippen molar-refractivity contribution in [3.8, 4) is 17.0 Å². The molecule has 0 radical (unpaired) electrons. The summed E-state index contributed by atoms with van der Waals surface area (Å²) in [5.74, 6) is 1.93. The maximum Gasteiger partial charge on any atom is 0.164 e. The van der Waals surface area contributed by atoms with E-state index >= 15 is 0 Å². The van der Waals surface area contributed by atoms with Crippen LogP contribution in [0.15, 0.2) is 24.3 Å². The van der Waals surface area contributed by atoms with Crippen LogP contribution in [0.3, 0.4) is 0 Å². The summed E-state index contributed by atoms with van der Waals surface area (Å²) < 4.78 is 15.9. The number of carbonyl (C=O) groups is 1. The Labute approximate surface area is 221 Å². The number of imidazole rings is 1. The van der Waals surface area contributed by atoms with Crippen LogP contribution in [0.5, 0.6) is 5.75 Å². The number of Topliss-reactive ketones (excluding diaryl/α,β-unsaturated/α-hetero) is 1. The molecule has 4 aromatic rings. The fourth-order valence-electron chi connectivity index (χ4n) is 5.43. The number of ketones is 1. The first-order valence-electron chi connectivity index (χ1n) is 13.3. The van der Waals surface area contributed by atoms with Gasteiger partial charge in [0.05, 0.1) is 35.6 Å². The second-order valence-electron chi connectivity index (χ2n) is 10.3. The van der Waals surface area contributed by atoms with E-state index in [9.17, 15) is 4.79 Å². The lowest BCUT2D eigenvalue weighted by atomic mass is 10.1. The number of aryl methyl sites for hydroxylation is 3. The second kappa shape index (κ2) is 9.83. The van der Waals surface area contributed by atoms with Gasteiger partial charge in [0.2, 0.25) is 0 Å². The predicted octanol–water partition coefficient (Wildman–Crippen LogP) is 4.82. The zero-order valence-corrected chi connectivity index (χ0v) is 22.3. The standard InChI is InChI=1S/C28H33N7O3/c1-16-26(34(3)33-32-16)20-8-7-9-21(27(20)37-4)31-22-14-19(15-23(36)18-11-12-18)30-28-25(22)29-17(2)35(28)24-10-5-6-13-38-24/h7-9,14,18,24H,5-6,10-13,15H2,1-4H3,(H,30,31). The van der Waals surface area contributed by atoms with Gasteiger partial charge in [-0.1, -0.05) is 11.3 Å². The molecule has 198 valence electrons. The van der Waals surface area contributed by atoms with Crippen molar-refractivity contribution in [2.45, 2.75) is 58.6 Å². The van der Waals surface area contributed by atoms with E-state index in [-0.39, 0.29) is 17.9 Å². The van der Waals surface area contributed by atoms with Crippen LogP contribution in [0, 0.1) is 19.8 Å². The third-order valence-electron chi connectivity index (χ3n) is 7.45. The number of rotatable bonds is 8. The maximum atomic E-state index is 12.8. The molecule has 1 saturated heterocycles. The highest BCUT2D eigenvalue weighted by Crippen LogP contribution is 2.40. The van der Waals surface area contributed by atoms with E-state index < -0.39 is 0 Å². The summed E-state index contributed by atoms with van der Waals surface area (Å²) in [5.41, 5.74) is 6.35.